The minimum atomic E-state index is -0.0412. The highest BCUT2D eigenvalue weighted by Crippen LogP contribution is 2.27. The molecule has 1 aromatic carbocycles. The van der Waals surface area contributed by atoms with Gasteiger partial charge in [0.15, 0.2) is 0 Å². The van der Waals surface area contributed by atoms with Crippen molar-refractivity contribution in [2.75, 3.05) is 29.9 Å². The summed E-state index contributed by atoms with van der Waals surface area (Å²) in [7, 11) is 0. The smallest absolute Gasteiger partial charge is 0.238 e. The van der Waals surface area contributed by atoms with Crippen molar-refractivity contribution in [2.45, 2.75) is 25.7 Å². The van der Waals surface area contributed by atoms with E-state index in [0.29, 0.717) is 13.0 Å². The first-order chi connectivity index (χ1) is 10.2. The average molecular weight is 287 g/mol. The molecule has 2 fully saturated rings. The Balaban J connectivity index is 1.54. The highest BCUT2D eigenvalue weighted by molar-refractivity contribution is 5.97. The van der Waals surface area contributed by atoms with Crippen molar-refractivity contribution in [1.29, 1.82) is 0 Å². The fourth-order valence-corrected chi connectivity index (χ4v) is 2.59. The van der Waals surface area contributed by atoms with Gasteiger partial charge in [-0.15, -0.1) is 0 Å². The van der Waals surface area contributed by atoms with Gasteiger partial charge < -0.3 is 15.5 Å². The third-order valence-corrected chi connectivity index (χ3v) is 3.93. The molecule has 2 N–H and O–H groups in total. The standard InChI is InChI=1S/C16H21N3O2/c20-15(11-17-10-12-6-7-12)18-13-3-1-4-14(9-13)19-8-2-5-16(19)21/h1,3-4,9,12,17H,2,5-8,10-11H2,(H,18,20). The van der Waals surface area contributed by atoms with Crippen molar-refractivity contribution in [1.82, 2.24) is 5.32 Å². The summed E-state index contributed by atoms with van der Waals surface area (Å²) in [4.78, 5) is 25.4. The highest BCUT2D eigenvalue weighted by atomic mass is 16.2. The summed E-state index contributed by atoms with van der Waals surface area (Å²) >= 11 is 0. The van der Waals surface area contributed by atoms with Gasteiger partial charge in [0.2, 0.25) is 11.8 Å². The summed E-state index contributed by atoms with van der Waals surface area (Å²) in [6, 6.07) is 7.49. The van der Waals surface area contributed by atoms with Crippen molar-refractivity contribution in [3.63, 3.8) is 0 Å². The van der Waals surface area contributed by atoms with Gasteiger partial charge in [0, 0.05) is 24.3 Å². The molecule has 0 aromatic heterocycles. The van der Waals surface area contributed by atoms with Crippen LogP contribution in [0, 0.1) is 5.92 Å². The number of hydrogen-bond donors (Lipinski definition) is 2. The van der Waals surface area contributed by atoms with E-state index in [1.54, 1.807) is 4.90 Å². The number of carbonyl (C=O) groups excluding carboxylic acids is 2. The van der Waals surface area contributed by atoms with E-state index < -0.39 is 0 Å². The first-order valence-electron chi connectivity index (χ1n) is 7.63. The van der Waals surface area contributed by atoms with Crippen LogP contribution < -0.4 is 15.5 Å². The fourth-order valence-electron chi connectivity index (χ4n) is 2.59. The van der Waals surface area contributed by atoms with Crippen LogP contribution in [0.25, 0.3) is 0 Å². The third-order valence-electron chi connectivity index (χ3n) is 3.93. The SMILES string of the molecule is O=C(CNCC1CC1)Nc1cccc(N2CCCC2=O)c1. The van der Waals surface area contributed by atoms with Gasteiger partial charge >= 0.3 is 0 Å². The van der Waals surface area contributed by atoms with Crippen LogP contribution in [0.3, 0.4) is 0 Å². The Kier molecular flexibility index (Phi) is 4.20. The summed E-state index contributed by atoms with van der Waals surface area (Å²) in [5, 5.41) is 6.04. The molecule has 21 heavy (non-hydrogen) atoms. The number of carbonyl (C=O) groups is 2. The van der Waals surface area contributed by atoms with Gasteiger partial charge in [-0.1, -0.05) is 6.07 Å². The summed E-state index contributed by atoms with van der Waals surface area (Å²) in [6.45, 7) is 2.03. The van der Waals surface area contributed by atoms with Crippen LogP contribution >= 0.6 is 0 Å². The lowest BCUT2D eigenvalue weighted by molar-refractivity contribution is -0.117. The molecule has 1 aliphatic carbocycles. The molecule has 3 rings (SSSR count). The van der Waals surface area contributed by atoms with E-state index in [-0.39, 0.29) is 11.8 Å². The first kappa shape index (κ1) is 14.1. The molecular formula is C16H21N3O2. The lowest BCUT2D eigenvalue weighted by atomic mass is 10.2. The summed E-state index contributed by atoms with van der Waals surface area (Å²) in [5.41, 5.74) is 1.60. The highest BCUT2D eigenvalue weighted by Gasteiger charge is 2.22. The average Bonchev–Trinajstić information content (AvgIpc) is 3.19. The Labute approximate surface area is 124 Å². The van der Waals surface area contributed by atoms with E-state index in [1.165, 1.54) is 12.8 Å². The Morgan fingerprint density at radius 3 is 2.90 bits per heavy atom. The van der Waals surface area contributed by atoms with Gasteiger partial charge in [0.05, 0.1) is 6.54 Å². The molecule has 2 aliphatic rings. The largest absolute Gasteiger partial charge is 0.325 e. The molecule has 1 aromatic rings. The molecule has 0 atom stereocenters. The number of hydrogen-bond acceptors (Lipinski definition) is 3. The molecule has 5 heteroatoms. The van der Waals surface area contributed by atoms with E-state index in [2.05, 4.69) is 10.6 Å². The lowest BCUT2D eigenvalue weighted by Crippen LogP contribution is -2.29. The molecule has 0 unspecified atom stereocenters. The summed E-state index contributed by atoms with van der Waals surface area (Å²) in [6.07, 6.45) is 4.07. The minimum Gasteiger partial charge on any atom is -0.325 e. The van der Waals surface area contributed by atoms with E-state index in [4.69, 9.17) is 0 Å². The van der Waals surface area contributed by atoms with Crippen molar-refractivity contribution < 1.29 is 9.59 Å². The zero-order chi connectivity index (χ0) is 14.7. The number of anilines is 2. The van der Waals surface area contributed by atoms with E-state index in [0.717, 1.165) is 36.8 Å². The molecule has 0 bridgehead atoms. The fraction of sp³-hybridized carbons (Fsp3) is 0.500. The van der Waals surface area contributed by atoms with Crippen molar-refractivity contribution >= 4 is 23.2 Å². The second kappa shape index (κ2) is 6.26. The van der Waals surface area contributed by atoms with Gasteiger partial charge in [0.25, 0.3) is 0 Å². The number of nitrogens with one attached hydrogen (secondary N) is 2. The van der Waals surface area contributed by atoms with Crippen LogP contribution in [-0.4, -0.2) is 31.4 Å². The van der Waals surface area contributed by atoms with Crippen LogP contribution in [0.5, 0.6) is 0 Å². The number of amides is 2. The van der Waals surface area contributed by atoms with E-state index >= 15 is 0 Å². The van der Waals surface area contributed by atoms with Gasteiger partial charge in [0.1, 0.15) is 0 Å². The van der Waals surface area contributed by atoms with Gasteiger partial charge in [-0.25, -0.2) is 0 Å². The second-order valence-electron chi connectivity index (χ2n) is 5.82. The second-order valence-corrected chi connectivity index (χ2v) is 5.82. The van der Waals surface area contributed by atoms with Crippen molar-refractivity contribution in [3.8, 4) is 0 Å². The Bertz CT molecular complexity index is 540. The number of nitrogens with zero attached hydrogens (tertiary/aromatic N) is 1. The van der Waals surface area contributed by atoms with Gasteiger partial charge in [-0.2, -0.15) is 0 Å². The Morgan fingerprint density at radius 1 is 1.33 bits per heavy atom. The molecule has 1 saturated heterocycles. The normalized spacial score (nSPS) is 18.1. The molecule has 1 heterocycles. The molecule has 5 nitrogen and oxygen atoms in total. The first-order valence-corrected chi connectivity index (χ1v) is 7.63. The minimum absolute atomic E-state index is 0.0412. The monoisotopic (exact) mass is 287 g/mol. The maximum atomic E-state index is 11.9. The maximum Gasteiger partial charge on any atom is 0.238 e. The van der Waals surface area contributed by atoms with Crippen LogP contribution in [0.4, 0.5) is 11.4 Å². The van der Waals surface area contributed by atoms with Gasteiger partial charge in [-0.3, -0.25) is 9.59 Å². The molecule has 0 radical (unpaired) electrons. The lowest BCUT2D eigenvalue weighted by Gasteiger charge is -2.16. The summed E-state index contributed by atoms with van der Waals surface area (Å²) < 4.78 is 0. The molecule has 2 amide bonds. The zero-order valence-corrected chi connectivity index (χ0v) is 12.1. The third kappa shape index (κ3) is 3.82. The van der Waals surface area contributed by atoms with Crippen LogP contribution in [-0.2, 0) is 9.59 Å². The molecule has 0 spiro atoms. The molecule has 1 aliphatic heterocycles. The van der Waals surface area contributed by atoms with E-state index in [9.17, 15) is 9.59 Å². The number of rotatable bonds is 6. The quantitative estimate of drug-likeness (QED) is 0.838. The molecule has 1 saturated carbocycles. The van der Waals surface area contributed by atoms with Crippen molar-refractivity contribution in [2.24, 2.45) is 5.92 Å². The molecule has 112 valence electrons. The Morgan fingerprint density at radius 2 is 2.19 bits per heavy atom. The topological polar surface area (TPSA) is 61.4 Å². The summed E-state index contributed by atoms with van der Waals surface area (Å²) in [5.74, 6) is 0.882. The van der Waals surface area contributed by atoms with E-state index in [1.807, 2.05) is 24.3 Å². The Hall–Kier alpha value is -1.88. The van der Waals surface area contributed by atoms with Gasteiger partial charge in [-0.05, 0) is 49.9 Å². The maximum absolute atomic E-state index is 11.9. The zero-order valence-electron chi connectivity index (χ0n) is 12.1. The van der Waals surface area contributed by atoms with Crippen LogP contribution in [0.15, 0.2) is 24.3 Å². The number of benzene rings is 1. The molecular weight excluding hydrogens is 266 g/mol. The predicted molar refractivity (Wildman–Crippen MR) is 82.3 cm³/mol. The van der Waals surface area contributed by atoms with Crippen molar-refractivity contribution in [3.05, 3.63) is 24.3 Å². The van der Waals surface area contributed by atoms with Crippen LogP contribution in [0.1, 0.15) is 25.7 Å². The van der Waals surface area contributed by atoms with Crippen LogP contribution in [0.2, 0.25) is 0 Å². The predicted octanol–water partition coefficient (Wildman–Crippen LogP) is 1.75.